The molecule has 4 heteroatoms. The minimum Gasteiger partial charge on any atom is -0.378 e. The van der Waals surface area contributed by atoms with E-state index >= 15 is 0 Å². The fraction of sp³-hybridized carbons (Fsp3) is 1.00. The van der Waals surface area contributed by atoms with Gasteiger partial charge in [-0.1, -0.05) is 48.0 Å². The number of hydrogen-bond donors (Lipinski definition) is 1. The van der Waals surface area contributed by atoms with Gasteiger partial charge in [0.15, 0.2) is 0 Å². The lowest BCUT2D eigenvalue weighted by Crippen LogP contribution is -2.58. The topological polar surface area (TPSA) is 41.7 Å². The highest BCUT2D eigenvalue weighted by Gasteiger charge is 2.40. The van der Waals surface area contributed by atoms with Gasteiger partial charge in [-0.25, -0.2) is 0 Å². The summed E-state index contributed by atoms with van der Waals surface area (Å²) in [6.07, 6.45) is 8.06. The van der Waals surface area contributed by atoms with Crippen LogP contribution in [0.1, 0.15) is 93.9 Å². The molecule has 3 aliphatic rings. The summed E-state index contributed by atoms with van der Waals surface area (Å²) in [6, 6.07) is 2.23. The number of likely N-dealkylation sites (tertiary alicyclic amines) is 2. The summed E-state index contributed by atoms with van der Waals surface area (Å²) in [4.78, 5) is 5.30. The Morgan fingerprint density at radius 2 is 1.60 bits per heavy atom. The van der Waals surface area contributed by atoms with Gasteiger partial charge in [-0.05, 0) is 89.4 Å². The summed E-state index contributed by atoms with van der Waals surface area (Å²) in [5.41, 5.74) is 5.98. The third-order valence-corrected chi connectivity index (χ3v) is 7.69. The second kappa shape index (κ2) is 14.1. The predicted octanol–water partition coefficient (Wildman–Crippen LogP) is 5.40. The van der Waals surface area contributed by atoms with Crippen LogP contribution < -0.4 is 5.73 Å². The zero-order chi connectivity index (χ0) is 22.7. The molecule has 4 nitrogen and oxygen atoms in total. The molecule has 0 radical (unpaired) electrons. The first-order valence-corrected chi connectivity index (χ1v) is 13.1. The Kier molecular flexibility index (Phi) is 13.1. The van der Waals surface area contributed by atoms with Gasteiger partial charge in [-0.2, -0.15) is 0 Å². The molecule has 3 saturated heterocycles. The minimum absolute atomic E-state index is 0.447. The molecular weight excluding hydrogens is 370 g/mol. The van der Waals surface area contributed by atoms with E-state index in [9.17, 15) is 0 Å². The van der Waals surface area contributed by atoms with Crippen molar-refractivity contribution >= 4 is 0 Å². The van der Waals surface area contributed by atoms with E-state index in [4.69, 9.17) is 10.5 Å². The summed E-state index contributed by atoms with van der Waals surface area (Å²) in [7, 11) is 0. The third kappa shape index (κ3) is 8.07. The van der Waals surface area contributed by atoms with E-state index in [0.29, 0.717) is 11.5 Å². The highest BCUT2D eigenvalue weighted by atomic mass is 16.5. The fourth-order valence-electron chi connectivity index (χ4n) is 5.71. The molecule has 3 heterocycles. The molecule has 180 valence electrons. The molecule has 3 rings (SSSR count). The standard InChI is InChI=1S/C13H25NO.C11H24N2.C2H6/c1-10-12(13(2,3)4)6-5-7-14(10)11-8-15-9-11;1-3-11-6-4-8-13(10(11)2)9-5-7-12;1-2/h10-12H,5-9H2,1-4H3;10-11H,3-9,12H2,1-2H3;1-2H3. The maximum atomic E-state index is 5.53. The van der Waals surface area contributed by atoms with Gasteiger partial charge in [0, 0.05) is 12.1 Å². The normalized spacial score (nSPS) is 31.1. The van der Waals surface area contributed by atoms with E-state index in [0.717, 1.165) is 50.1 Å². The average molecular weight is 426 g/mol. The Labute approximate surface area is 189 Å². The van der Waals surface area contributed by atoms with Crippen molar-refractivity contribution in [1.29, 1.82) is 0 Å². The lowest BCUT2D eigenvalue weighted by atomic mass is 9.71. The number of ether oxygens (including phenoxy) is 1. The van der Waals surface area contributed by atoms with Crippen LogP contribution in [-0.2, 0) is 4.74 Å². The number of piperidine rings is 2. The van der Waals surface area contributed by atoms with Crippen LogP contribution in [0.5, 0.6) is 0 Å². The lowest BCUT2D eigenvalue weighted by Gasteiger charge is -2.50. The molecule has 3 fully saturated rings. The summed E-state index contributed by atoms with van der Waals surface area (Å²) >= 11 is 0. The van der Waals surface area contributed by atoms with Crippen LogP contribution in [-0.4, -0.2) is 67.3 Å². The van der Waals surface area contributed by atoms with E-state index in [1.807, 2.05) is 13.8 Å². The van der Waals surface area contributed by atoms with Gasteiger partial charge in [0.2, 0.25) is 0 Å². The Balaban J connectivity index is 0.000000280. The van der Waals surface area contributed by atoms with Crippen LogP contribution in [0.2, 0.25) is 0 Å². The first-order chi connectivity index (χ1) is 14.3. The maximum absolute atomic E-state index is 5.53. The quantitative estimate of drug-likeness (QED) is 0.640. The SMILES string of the molecule is CC.CC1C(C(C)(C)C)CCCN1C1COC1.CCC1CCCN(CCCN)C1C. The van der Waals surface area contributed by atoms with Crippen molar-refractivity contribution in [3.8, 4) is 0 Å². The van der Waals surface area contributed by atoms with Gasteiger partial charge in [0.1, 0.15) is 0 Å². The van der Waals surface area contributed by atoms with E-state index in [2.05, 4.69) is 51.3 Å². The molecular formula is C26H55N3O. The maximum Gasteiger partial charge on any atom is 0.0645 e. The fourth-order valence-corrected chi connectivity index (χ4v) is 5.71. The van der Waals surface area contributed by atoms with E-state index < -0.39 is 0 Å². The molecule has 0 spiro atoms. The average Bonchev–Trinajstić information content (AvgIpc) is 2.68. The molecule has 0 saturated carbocycles. The molecule has 0 amide bonds. The van der Waals surface area contributed by atoms with E-state index in [-0.39, 0.29) is 0 Å². The molecule has 3 aliphatic heterocycles. The van der Waals surface area contributed by atoms with Crippen LogP contribution >= 0.6 is 0 Å². The van der Waals surface area contributed by atoms with Crippen LogP contribution in [0.3, 0.4) is 0 Å². The van der Waals surface area contributed by atoms with Gasteiger partial charge in [-0.15, -0.1) is 0 Å². The second-order valence-corrected chi connectivity index (χ2v) is 10.5. The minimum atomic E-state index is 0.447. The van der Waals surface area contributed by atoms with Crippen molar-refractivity contribution in [3.05, 3.63) is 0 Å². The molecule has 0 bridgehead atoms. The number of hydrogen-bond acceptors (Lipinski definition) is 4. The van der Waals surface area contributed by atoms with Crippen LogP contribution in [0.25, 0.3) is 0 Å². The zero-order valence-corrected chi connectivity index (χ0v) is 21.8. The molecule has 0 aromatic heterocycles. The summed E-state index contributed by atoms with van der Waals surface area (Å²) in [5, 5.41) is 0. The van der Waals surface area contributed by atoms with Gasteiger partial charge in [-0.3, -0.25) is 4.90 Å². The van der Waals surface area contributed by atoms with Crippen molar-refractivity contribution in [3.63, 3.8) is 0 Å². The van der Waals surface area contributed by atoms with Crippen LogP contribution in [0.15, 0.2) is 0 Å². The van der Waals surface area contributed by atoms with E-state index in [1.54, 1.807) is 0 Å². The summed E-state index contributed by atoms with van der Waals surface area (Å²) in [6.45, 7) is 24.8. The second-order valence-electron chi connectivity index (χ2n) is 10.5. The Morgan fingerprint density at radius 1 is 0.967 bits per heavy atom. The molecule has 0 aromatic rings. The summed E-state index contributed by atoms with van der Waals surface area (Å²) < 4.78 is 5.32. The number of nitrogens with zero attached hydrogens (tertiary/aromatic N) is 2. The zero-order valence-electron chi connectivity index (χ0n) is 21.8. The molecule has 2 N–H and O–H groups in total. The van der Waals surface area contributed by atoms with Crippen molar-refractivity contribution in [1.82, 2.24) is 9.80 Å². The van der Waals surface area contributed by atoms with Crippen molar-refractivity contribution in [2.45, 2.75) is 112 Å². The van der Waals surface area contributed by atoms with Crippen LogP contribution in [0.4, 0.5) is 0 Å². The monoisotopic (exact) mass is 425 g/mol. The number of rotatable bonds is 5. The van der Waals surface area contributed by atoms with Gasteiger partial charge in [0.05, 0.1) is 19.3 Å². The van der Waals surface area contributed by atoms with Crippen molar-refractivity contribution < 1.29 is 4.74 Å². The highest BCUT2D eigenvalue weighted by Crippen LogP contribution is 2.38. The Bertz CT molecular complexity index is 432. The highest BCUT2D eigenvalue weighted by molar-refractivity contribution is 4.92. The smallest absolute Gasteiger partial charge is 0.0645 e. The molecule has 4 atom stereocenters. The van der Waals surface area contributed by atoms with Gasteiger partial charge in [0.25, 0.3) is 0 Å². The Hall–Kier alpha value is -0.160. The summed E-state index contributed by atoms with van der Waals surface area (Å²) in [5.74, 6) is 1.76. The van der Waals surface area contributed by atoms with Gasteiger partial charge < -0.3 is 15.4 Å². The van der Waals surface area contributed by atoms with Crippen molar-refractivity contribution in [2.75, 3.05) is 39.4 Å². The third-order valence-electron chi connectivity index (χ3n) is 7.69. The van der Waals surface area contributed by atoms with Gasteiger partial charge >= 0.3 is 0 Å². The molecule has 0 aliphatic carbocycles. The first kappa shape index (κ1) is 27.9. The largest absolute Gasteiger partial charge is 0.378 e. The molecule has 30 heavy (non-hydrogen) atoms. The van der Waals surface area contributed by atoms with Crippen molar-refractivity contribution in [2.24, 2.45) is 23.0 Å². The first-order valence-electron chi connectivity index (χ1n) is 13.1. The van der Waals surface area contributed by atoms with E-state index in [1.165, 1.54) is 51.7 Å². The Morgan fingerprint density at radius 3 is 2.10 bits per heavy atom. The predicted molar refractivity (Wildman–Crippen MR) is 132 cm³/mol. The lowest BCUT2D eigenvalue weighted by molar-refractivity contribution is -0.104. The number of nitrogens with two attached hydrogens (primary N) is 1. The molecule has 4 unspecified atom stereocenters. The molecule has 0 aromatic carbocycles. The van der Waals surface area contributed by atoms with Crippen LogP contribution in [0, 0.1) is 17.3 Å².